The monoisotopic (exact) mass is 386 g/mol. The molecule has 4 rings (SSSR count). The molecule has 0 spiro atoms. The molecule has 0 radical (unpaired) electrons. The van der Waals surface area contributed by atoms with Crippen LogP contribution in [0.2, 0.25) is 5.02 Å². The van der Waals surface area contributed by atoms with E-state index in [0.717, 1.165) is 29.8 Å². The summed E-state index contributed by atoms with van der Waals surface area (Å²) >= 11 is 6.31. The van der Waals surface area contributed by atoms with Gasteiger partial charge in [-0.2, -0.15) is 0 Å². The van der Waals surface area contributed by atoms with Crippen molar-refractivity contribution in [2.24, 2.45) is 0 Å². The van der Waals surface area contributed by atoms with Crippen LogP contribution in [0, 0.1) is 0 Å². The fraction of sp³-hybridized carbons (Fsp3) is 0.450. The molecule has 142 valence electrons. The molecule has 0 unspecified atom stereocenters. The number of carbonyl (C=O) groups is 1. The number of hydrogen-bond donors (Lipinski definition) is 0. The first kappa shape index (κ1) is 18.2. The van der Waals surface area contributed by atoms with Gasteiger partial charge in [0.05, 0.1) is 28.8 Å². The van der Waals surface area contributed by atoms with Gasteiger partial charge in [-0.1, -0.05) is 23.7 Å². The lowest BCUT2D eigenvalue weighted by Crippen LogP contribution is -2.54. The number of carbonyl (C=O) groups excluding carboxylic acids is 1. The van der Waals surface area contributed by atoms with Gasteiger partial charge < -0.3 is 4.90 Å². The third-order valence-electron chi connectivity index (χ3n) is 5.56. The van der Waals surface area contributed by atoms with Crippen LogP contribution in [0.1, 0.15) is 31.0 Å². The smallest absolute Gasteiger partial charge is 0.256 e. The number of hydrogen-bond acceptors (Lipinski definition) is 4. The topological polar surface area (TPSA) is 58.4 Å². The Bertz CT molecular complexity index is 926. The molecular formula is C20H23ClN4O2. The zero-order valence-electron chi connectivity index (χ0n) is 15.4. The number of para-hydroxylation sites is 1. The van der Waals surface area contributed by atoms with Crippen molar-refractivity contribution in [3.05, 3.63) is 57.2 Å². The SMILES string of the molecule is CCn1cnc2c(c1=O)CCN([C@H]1CCCN(c3ccccc3Cl)C1=O)C2. The number of halogens is 1. The Morgan fingerprint density at radius 2 is 2.04 bits per heavy atom. The average molecular weight is 387 g/mol. The number of piperidine rings is 1. The van der Waals surface area contributed by atoms with Gasteiger partial charge in [-0.25, -0.2) is 4.98 Å². The minimum Gasteiger partial charge on any atom is -0.310 e. The number of anilines is 1. The first-order chi connectivity index (χ1) is 13.1. The molecule has 0 aliphatic carbocycles. The van der Waals surface area contributed by atoms with Crippen LogP contribution in [0.4, 0.5) is 5.69 Å². The number of rotatable bonds is 3. The summed E-state index contributed by atoms with van der Waals surface area (Å²) in [5.41, 5.74) is 2.42. The van der Waals surface area contributed by atoms with Crippen molar-refractivity contribution in [2.75, 3.05) is 18.0 Å². The van der Waals surface area contributed by atoms with Crippen LogP contribution >= 0.6 is 11.6 Å². The number of nitrogens with zero attached hydrogens (tertiary/aromatic N) is 4. The molecule has 1 saturated heterocycles. The van der Waals surface area contributed by atoms with Gasteiger partial charge in [0.15, 0.2) is 0 Å². The summed E-state index contributed by atoms with van der Waals surface area (Å²) in [6.45, 7) is 4.49. The van der Waals surface area contributed by atoms with Crippen molar-refractivity contribution < 1.29 is 4.79 Å². The van der Waals surface area contributed by atoms with Crippen LogP contribution in [-0.4, -0.2) is 39.5 Å². The molecule has 2 aliphatic heterocycles. The number of benzene rings is 1. The zero-order valence-corrected chi connectivity index (χ0v) is 16.2. The summed E-state index contributed by atoms with van der Waals surface area (Å²) in [4.78, 5) is 34.1. The van der Waals surface area contributed by atoms with Crippen molar-refractivity contribution in [1.82, 2.24) is 14.5 Å². The largest absolute Gasteiger partial charge is 0.310 e. The fourth-order valence-electron chi connectivity index (χ4n) is 4.08. The van der Waals surface area contributed by atoms with Crippen molar-refractivity contribution in [1.29, 1.82) is 0 Å². The Labute approximate surface area is 163 Å². The molecular weight excluding hydrogens is 364 g/mol. The Morgan fingerprint density at radius 1 is 1.22 bits per heavy atom. The molecule has 7 heteroatoms. The number of fused-ring (bicyclic) bond motifs is 1. The summed E-state index contributed by atoms with van der Waals surface area (Å²) in [6, 6.07) is 7.28. The fourth-order valence-corrected chi connectivity index (χ4v) is 4.31. The minimum absolute atomic E-state index is 0.0508. The normalized spacial score (nSPS) is 20.6. The maximum atomic E-state index is 13.2. The minimum atomic E-state index is -0.196. The van der Waals surface area contributed by atoms with E-state index in [1.165, 1.54) is 0 Å². The Kier molecular flexibility index (Phi) is 5.02. The molecule has 1 aromatic carbocycles. The lowest BCUT2D eigenvalue weighted by Gasteiger charge is -2.40. The van der Waals surface area contributed by atoms with Crippen LogP contribution in [0.25, 0.3) is 0 Å². The quantitative estimate of drug-likeness (QED) is 0.813. The van der Waals surface area contributed by atoms with Gasteiger partial charge in [0, 0.05) is 31.7 Å². The first-order valence-corrected chi connectivity index (χ1v) is 9.85. The molecule has 0 saturated carbocycles. The van der Waals surface area contributed by atoms with Crippen LogP contribution in [0.15, 0.2) is 35.4 Å². The third-order valence-corrected chi connectivity index (χ3v) is 5.88. The van der Waals surface area contributed by atoms with Crippen LogP contribution in [-0.2, 0) is 24.3 Å². The highest BCUT2D eigenvalue weighted by atomic mass is 35.5. The molecule has 2 aromatic rings. The molecule has 27 heavy (non-hydrogen) atoms. The predicted octanol–water partition coefficient (Wildman–Crippen LogP) is 2.47. The van der Waals surface area contributed by atoms with Crippen molar-refractivity contribution in [2.45, 2.75) is 45.3 Å². The number of aromatic nitrogens is 2. The lowest BCUT2D eigenvalue weighted by atomic mass is 9.98. The highest BCUT2D eigenvalue weighted by Crippen LogP contribution is 2.31. The van der Waals surface area contributed by atoms with Crippen LogP contribution < -0.4 is 10.5 Å². The van der Waals surface area contributed by atoms with E-state index in [1.807, 2.05) is 31.2 Å². The molecule has 1 fully saturated rings. The van der Waals surface area contributed by atoms with Gasteiger partial charge >= 0.3 is 0 Å². The second kappa shape index (κ2) is 7.44. The molecule has 2 aliphatic rings. The van der Waals surface area contributed by atoms with Gasteiger partial charge in [-0.15, -0.1) is 0 Å². The van der Waals surface area contributed by atoms with E-state index in [-0.39, 0.29) is 17.5 Å². The standard InChI is InChI=1S/C20H23ClN4O2/c1-2-23-13-22-16-12-24(11-9-14(16)19(23)26)18-8-5-10-25(20(18)27)17-7-4-3-6-15(17)21/h3-4,6-7,13,18H,2,5,8-12H2,1H3/t18-/m0/s1. The molecule has 0 N–H and O–H groups in total. The van der Waals surface area contributed by atoms with Gasteiger partial charge in [0.2, 0.25) is 5.91 Å². The van der Waals surface area contributed by atoms with E-state index >= 15 is 0 Å². The molecule has 1 aromatic heterocycles. The van der Waals surface area contributed by atoms with Crippen LogP contribution in [0.5, 0.6) is 0 Å². The van der Waals surface area contributed by atoms with Crippen molar-refractivity contribution in [3.8, 4) is 0 Å². The molecule has 0 bridgehead atoms. The second-order valence-electron chi connectivity index (χ2n) is 7.08. The van der Waals surface area contributed by atoms with Gasteiger partial charge in [0.25, 0.3) is 5.56 Å². The molecule has 6 nitrogen and oxygen atoms in total. The summed E-state index contributed by atoms with van der Waals surface area (Å²) in [5.74, 6) is 0.0831. The van der Waals surface area contributed by atoms with E-state index < -0.39 is 0 Å². The van der Waals surface area contributed by atoms with E-state index in [4.69, 9.17) is 11.6 Å². The number of aryl methyl sites for hydroxylation is 1. The van der Waals surface area contributed by atoms with E-state index in [1.54, 1.807) is 15.8 Å². The molecule has 1 amide bonds. The summed E-state index contributed by atoms with van der Waals surface area (Å²) in [7, 11) is 0. The molecule has 1 atom stereocenters. The second-order valence-corrected chi connectivity index (χ2v) is 7.49. The predicted molar refractivity (Wildman–Crippen MR) is 105 cm³/mol. The van der Waals surface area contributed by atoms with Gasteiger partial charge in [-0.3, -0.25) is 19.1 Å². The van der Waals surface area contributed by atoms with E-state index in [2.05, 4.69) is 9.88 Å². The van der Waals surface area contributed by atoms with Crippen molar-refractivity contribution >= 4 is 23.2 Å². The van der Waals surface area contributed by atoms with E-state index in [0.29, 0.717) is 37.6 Å². The Balaban J connectivity index is 1.57. The van der Waals surface area contributed by atoms with Crippen LogP contribution in [0.3, 0.4) is 0 Å². The third kappa shape index (κ3) is 3.28. The number of amides is 1. The Hall–Kier alpha value is -2.18. The van der Waals surface area contributed by atoms with Gasteiger partial charge in [0.1, 0.15) is 0 Å². The van der Waals surface area contributed by atoms with Crippen molar-refractivity contribution in [3.63, 3.8) is 0 Å². The average Bonchev–Trinajstić information content (AvgIpc) is 2.69. The Morgan fingerprint density at radius 3 is 2.81 bits per heavy atom. The zero-order chi connectivity index (χ0) is 19.0. The highest BCUT2D eigenvalue weighted by molar-refractivity contribution is 6.33. The van der Waals surface area contributed by atoms with E-state index in [9.17, 15) is 9.59 Å². The molecule has 3 heterocycles. The summed E-state index contributed by atoms with van der Waals surface area (Å²) < 4.78 is 1.64. The summed E-state index contributed by atoms with van der Waals surface area (Å²) in [6.07, 6.45) is 4.00. The highest BCUT2D eigenvalue weighted by Gasteiger charge is 2.36. The first-order valence-electron chi connectivity index (χ1n) is 9.47. The summed E-state index contributed by atoms with van der Waals surface area (Å²) in [5, 5.41) is 0.595. The van der Waals surface area contributed by atoms with Gasteiger partial charge in [-0.05, 0) is 38.3 Å². The maximum Gasteiger partial charge on any atom is 0.256 e. The lowest BCUT2D eigenvalue weighted by molar-refractivity contribution is -0.125. The maximum absolute atomic E-state index is 13.2.